The van der Waals surface area contributed by atoms with Crippen molar-refractivity contribution in [1.82, 2.24) is 9.88 Å². The summed E-state index contributed by atoms with van der Waals surface area (Å²) < 4.78 is 0. The van der Waals surface area contributed by atoms with Gasteiger partial charge in [0.05, 0.1) is 12.2 Å². The summed E-state index contributed by atoms with van der Waals surface area (Å²) in [6, 6.07) is 12.8. The standard InChI is InChI=1S/C16H17ClN2O/c1-2-19(11-15-5-3-4-10-18-15)12-16(20)13-6-8-14(17)9-7-13/h3-10H,2,11-12H2,1H3. The van der Waals surface area contributed by atoms with Crippen LogP contribution in [0.25, 0.3) is 0 Å². The van der Waals surface area contributed by atoms with Crippen molar-refractivity contribution in [2.24, 2.45) is 0 Å². The van der Waals surface area contributed by atoms with Crippen LogP contribution in [0.5, 0.6) is 0 Å². The minimum atomic E-state index is 0.0967. The highest BCUT2D eigenvalue weighted by Gasteiger charge is 2.12. The lowest BCUT2D eigenvalue weighted by atomic mass is 10.1. The third-order valence-electron chi connectivity index (χ3n) is 3.09. The number of hydrogen-bond acceptors (Lipinski definition) is 3. The highest BCUT2D eigenvalue weighted by Crippen LogP contribution is 2.11. The molecule has 3 nitrogen and oxygen atoms in total. The van der Waals surface area contributed by atoms with Crippen LogP contribution in [0.1, 0.15) is 23.0 Å². The van der Waals surface area contributed by atoms with Crippen LogP contribution >= 0.6 is 11.6 Å². The Morgan fingerprint density at radius 3 is 2.55 bits per heavy atom. The minimum absolute atomic E-state index is 0.0967. The molecule has 0 saturated heterocycles. The zero-order valence-electron chi connectivity index (χ0n) is 11.4. The summed E-state index contributed by atoms with van der Waals surface area (Å²) in [6.45, 7) is 3.90. The topological polar surface area (TPSA) is 33.2 Å². The van der Waals surface area contributed by atoms with Gasteiger partial charge in [0.15, 0.2) is 5.78 Å². The number of hydrogen-bond donors (Lipinski definition) is 0. The van der Waals surface area contributed by atoms with E-state index in [0.29, 0.717) is 23.7 Å². The quantitative estimate of drug-likeness (QED) is 0.764. The summed E-state index contributed by atoms with van der Waals surface area (Å²) in [6.07, 6.45) is 1.77. The maximum atomic E-state index is 12.2. The first-order valence-corrected chi connectivity index (χ1v) is 6.98. The Labute approximate surface area is 124 Å². The average Bonchev–Trinajstić information content (AvgIpc) is 2.48. The molecular weight excluding hydrogens is 272 g/mol. The number of aromatic nitrogens is 1. The molecule has 0 atom stereocenters. The summed E-state index contributed by atoms with van der Waals surface area (Å²) in [5.74, 6) is 0.0967. The van der Waals surface area contributed by atoms with Gasteiger partial charge in [-0.05, 0) is 42.9 Å². The molecule has 1 heterocycles. The van der Waals surface area contributed by atoms with Crippen LogP contribution in [0.3, 0.4) is 0 Å². The molecule has 0 unspecified atom stereocenters. The Bertz CT molecular complexity index is 554. The SMILES string of the molecule is CCN(CC(=O)c1ccc(Cl)cc1)Cc1ccccn1. The van der Waals surface area contributed by atoms with Gasteiger partial charge in [-0.2, -0.15) is 0 Å². The number of Topliss-reactive ketones (excluding diaryl/α,β-unsaturated/α-hetero) is 1. The van der Waals surface area contributed by atoms with Gasteiger partial charge in [0.1, 0.15) is 0 Å². The largest absolute Gasteiger partial charge is 0.293 e. The summed E-state index contributed by atoms with van der Waals surface area (Å²) >= 11 is 5.83. The van der Waals surface area contributed by atoms with Crippen molar-refractivity contribution in [1.29, 1.82) is 0 Å². The van der Waals surface area contributed by atoms with Crippen LogP contribution in [0.4, 0.5) is 0 Å². The minimum Gasteiger partial charge on any atom is -0.293 e. The predicted octanol–water partition coefficient (Wildman–Crippen LogP) is 3.44. The van der Waals surface area contributed by atoms with Gasteiger partial charge < -0.3 is 0 Å². The molecular formula is C16H17ClN2O. The second kappa shape index (κ2) is 7.17. The summed E-state index contributed by atoms with van der Waals surface area (Å²) in [7, 11) is 0. The first-order valence-electron chi connectivity index (χ1n) is 6.60. The fourth-order valence-corrected chi connectivity index (χ4v) is 2.06. The number of pyridine rings is 1. The molecule has 0 N–H and O–H groups in total. The summed E-state index contributed by atoms with van der Waals surface area (Å²) in [5, 5.41) is 0.641. The van der Waals surface area contributed by atoms with Crippen LogP contribution in [-0.4, -0.2) is 28.8 Å². The van der Waals surface area contributed by atoms with Gasteiger partial charge in [-0.25, -0.2) is 0 Å². The maximum Gasteiger partial charge on any atom is 0.176 e. The van der Waals surface area contributed by atoms with Crippen LogP contribution in [0.2, 0.25) is 5.02 Å². The summed E-state index contributed by atoms with van der Waals surface area (Å²) in [5.41, 5.74) is 1.66. The number of halogens is 1. The Morgan fingerprint density at radius 2 is 1.95 bits per heavy atom. The maximum absolute atomic E-state index is 12.2. The van der Waals surface area contributed by atoms with E-state index in [9.17, 15) is 4.79 Å². The van der Waals surface area contributed by atoms with Crippen LogP contribution < -0.4 is 0 Å². The molecule has 0 aliphatic heterocycles. The van der Waals surface area contributed by atoms with E-state index >= 15 is 0 Å². The molecule has 20 heavy (non-hydrogen) atoms. The molecule has 4 heteroatoms. The predicted molar refractivity (Wildman–Crippen MR) is 81.0 cm³/mol. The number of carbonyl (C=O) groups is 1. The number of nitrogens with zero attached hydrogens (tertiary/aromatic N) is 2. The smallest absolute Gasteiger partial charge is 0.176 e. The fraction of sp³-hybridized carbons (Fsp3) is 0.250. The molecule has 0 saturated carbocycles. The van der Waals surface area contributed by atoms with E-state index in [1.165, 1.54) is 0 Å². The monoisotopic (exact) mass is 288 g/mol. The number of benzene rings is 1. The van der Waals surface area contributed by atoms with Crippen molar-refractivity contribution >= 4 is 17.4 Å². The van der Waals surface area contributed by atoms with E-state index in [4.69, 9.17) is 11.6 Å². The highest BCUT2D eigenvalue weighted by molar-refractivity contribution is 6.30. The van der Waals surface area contributed by atoms with Gasteiger partial charge in [-0.15, -0.1) is 0 Å². The molecule has 104 valence electrons. The summed E-state index contributed by atoms with van der Waals surface area (Å²) in [4.78, 5) is 18.6. The van der Waals surface area contributed by atoms with Gasteiger partial charge in [0.2, 0.25) is 0 Å². The molecule has 1 aromatic carbocycles. The van der Waals surface area contributed by atoms with Crippen LogP contribution in [0, 0.1) is 0 Å². The zero-order valence-corrected chi connectivity index (χ0v) is 12.2. The van der Waals surface area contributed by atoms with E-state index < -0.39 is 0 Å². The highest BCUT2D eigenvalue weighted by atomic mass is 35.5. The first-order chi connectivity index (χ1) is 9.69. The molecule has 2 aromatic rings. The van der Waals surface area contributed by atoms with Gasteiger partial charge in [0.25, 0.3) is 0 Å². The van der Waals surface area contributed by atoms with Crippen molar-refractivity contribution < 1.29 is 4.79 Å². The average molecular weight is 289 g/mol. The van der Waals surface area contributed by atoms with Gasteiger partial charge in [0, 0.05) is 23.3 Å². The third-order valence-corrected chi connectivity index (χ3v) is 3.34. The molecule has 0 spiro atoms. The van der Waals surface area contributed by atoms with E-state index in [1.807, 2.05) is 25.1 Å². The Kier molecular flexibility index (Phi) is 5.27. The Balaban J connectivity index is 1.99. The van der Waals surface area contributed by atoms with E-state index in [2.05, 4.69) is 9.88 Å². The lowest BCUT2D eigenvalue weighted by Crippen LogP contribution is -2.29. The molecule has 0 amide bonds. The molecule has 2 rings (SSSR count). The zero-order chi connectivity index (χ0) is 14.4. The second-order valence-corrected chi connectivity index (χ2v) is 4.99. The lowest BCUT2D eigenvalue weighted by molar-refractivity contribution is 0.0929. The molecule has 0 bridgehead atoms. The van der Waals surface area contributed by atoms with E-state index in [-0.39, 0.29) is 5.78 Å². The number of carbonyl (C=O) groups excluding carboxylic acids is 1. The lowest BCUT2D eigenvalue weighted by Gasteiger charge is -2.19. The molecule has 0 radical (unpaired) electrons. The van der Waals surface area contributed by atoms with Gasteiger partial charge >= 0.3 is 0 Å². The van der Waals surface area contributed by atoms with E-state index in [1.54, 1.807) is 30.5 Å². The number of ketones is 1. The van der Waals surface area contributed by atoms with Gasteiger partial charge in [-0.3, -0.25) is 14.7 Å². The van der Waals surface area contributed by atoms with Crippen molar-refractivity contribution in [3.05, 3.63) is 64.9 Å². The van der Waals surface area contributed by atoms with Crippen molar-refractivity contribution in [3.63, 3.8) is 0 Å². The molecule has 0 aliphatic rings. The van der Waals surface area contributed by atoms with Crippen LogP contribution in [-0.2, 0) is 6.54 Å². The Hall–Kier alpha value is -1.71. The molecule has 0 aliphatic carbocycles. The van der Waals surface area contributed by atoms with Crippen molar-refractivity contribution in [2.45, 2.75) is 13.5 Å². The fourth-order valence-electron chi connectivity index (χ4n) is 1.93. The number of rotatable bonds is 6. The molecule has 0 fully saturated rings. The second-order valence-electron chi connectivity index (χ2n) is 4.55. The van der Waals surface area contributed by atoms with Crippen LogP contribution in [0.15, 0.2) is 48.7 Å². The Morgan fingerprint density at radius 1 is 1.20 bits per heavy atom. The molecule has 1 aromatic heterocycles. The first kappa shape index (κ1) is 14.7. The van der Waals surface area contributed by atoms with Crippen molar-refractivity contribution in [2.75, 3.05) is 13.1 Å². The number of likely N-dealkylation sites (N-methyl/N-ethyl adjacent to an activating group) is 1. The van der Waals surface area contributed by atoms with E-state index in [0.717, 1.165) is 12.2 Å². The normalized spacial score (nSPS) is 10.8. The van der Waals surface area contributed by atoms with Gasteiger partial charge in [-0.1, -0.05) is 24.6 Å². The van der Waals surface area contributed by atoms with Crippen molar-refractivity contribution in [3.8, 4) is 0 Å². The third kappa shape index (κ3) is 4.15.